The van der Waals surface area contributed by atoms with Gasteiger partial charge in [0, 0.05) is 16.3 Å². The second kappa shape index (κ2) is 8.40. The Morgan fingerprint density at radius 2 is 2.04 bits per heavy atom. The van der Waals surface area contributed by atoms with Crippen molar-refractivity contribution in [3.05, 3.63) is 42.7 Å². The molecule has 1 saturated carbocycles. The number of rotatable bonds is 5. The Labute approximate surface area is 167 Å². The summed E-state index contributed by atoms with van der Waals surface area (Å²) in [5, 5.41) is 5.13. The van der Waals surface area contributed by atoms with Crippen LogP contribution in [0.3, 0.4) is 0 Å². The predicted octanol–water partition coefficient (Wildman–Crippen LogP) is 5.15. The van der Waals surface area contributed by atoms with E-state index >= 15 is 0 Å². The largest absolute Gasteiger partial charge is 0.352 e. The smallest absolute Gasteiger partial charge is 0.230 e. The number of hydrogen-bond donors (Lipinski definition) is 1. The van der Waals surface area contributed by atoms with Gasteiger partial charge in [0.2, 0.25) is 5.91 Å². The van der Waals surface area contributed by atoms with Gasteiger partial charge in [0.1, 0.15) is 16.2 Å². The summed E-state index contributed by atoms with van der Waals surface area (Å²) in [5.41, 5.74) is 1.18. The van der Waals surface area contributed by atoms with Crippen LogP contribution in [-0.2, 0) is 4.79 Å². The number of aromatic nitrogens is 2. The molecule has 0 radical (unpaired) electrons. The molecular weight excluding hydrogens is 374 g/mol. The summed E-state index contributed by atoms with van der Waals surface area (Å²) in [6, 6.07) is 12.8. The van der Waals surface area contributed by atoms with Gasteiger partial charge in [-0.3, -0.25) is 4.79 Å². The zero-order valence-corrected chi connectivity index (χ0v) is 17.0. The molecule has 6 heteroatoms. The van der Waals surface area contributed by atoms with Crippen LogP contribution in [0.25, 0.3) is 20.7 Å². The quantitative estimate of drug-likeness (QED) is 0.478. The molecule has 0 spiro atoms. The second-order valence-electron chi connectivity index (χ2n) is 7.10. The Hall–Kier alpha value is -1.92. The summed E-state index contributed by atoms with van der Waals surface area (Å²) in [6.07, 6.45) is 6.40. The number of hydrogen-bond acceptors (Lipinski definition) is 5. The van der Waals surface area contributed by atoms with Gasteiger partial charge in [0.15, 0.2) is 0 Å². The number of nitrogens with one attached hydrogen (secondary N) is 1. The third-order valence-electron chi connectivity index (χ3n) is 5.15. The SMILES string of the molecule is C[C@@H]1CCCC[C@H]1NC(=O)CSc1ncnc2sc(-c3ccccc3)cc12. The van der Waals surface area contributed by atoms with Crippen LogP contribution < -0.4 is 5.32 Å². The van der Waals surface area contributed by atoms with E-state index in [9.17, 15) is 4.79 Å². The predicted molar refractivity (Wildman–Crippen MR) is 113 cm³/mol. The van der Waals surface area contributed by atoms with Gasteiger partial charge in [0.25, 0.3) is 0 Å². The van der Waals surface area contributed by atoms with Gasteiger partial charge < -0.3 is 5.32 Å². The lowest BCUT2D eigenvalue weighted by Gasteiger charge is -2.29. The topological polar surface area (TPSA) is 54.9 Å². The number of amides is 1. The average Bonchev–Trinajstić information content (AvgIpc) is 3.14. The Morgan fingerprint density at radius 1 is 1.22 bits per heavy atom. The second-order valence-corrected chi connectivity index (χ2v) is 9.09. The first-order chi connectivity index (χ1) is 13.2. The van der Waals surface area contributed by atoms with Gasteiger partial charge in [-0.2, -0.15) is 0 Å². The fourth-order valence-electron chi connectivity index (χ4n) is 3.61. The molecule has 1 fully saturated rings. The molecule has 1 aliphatic carbocycles. The van der Waals surface area contributed by atoms with E-state index in [1.807, 2.05) is 18.2 Å². The average molecular weight is 398 g/mol. The molecule has 0 unspecified atom stereocenters. The van der Waals surface area contributed by atoms with Crippen molar-refractivity contribution in [2.24, 2.45) is 5.92 Å². The van der Waals surface area contributed by atoms with E-state index in [0.29, 0.717) is 17.7 Å². The third kappa shape index (κ3) is 4.33. The van der Waals surface area contributed by atoms with Crippen LogP contribution in [-0.4, -0.2) is 27.7 Å². The van der Waals surface area contributed by atoms with Crippen LogP contribution in [0.4, 0.5) is 0 Å². The van der Waals surface area contributed by atoms with Crippen LogP contribution in [0.2, 0.25) is 0 Å². The van der Waals surface area contributed by atoms with E-state index in [2.05, 4.69) is 40.4 Å². The van der Waals surface area contributed by atoms with Gasteiger partial charge in [-0.05, 0) is 30.4 Å². The Kier molecular flexibility index (Phi) is 5.74. The van der Waals surface area contributed by atoms with Gasteiger partial charge in [-0.1, -0.05) is 61.9 Å². The minimum atomic E-state index is 0.101. The molecule has 2 aromatic heterocycles. The van der Waals surface area contributed by atoms with E-state index in [-0.39, 0.29) is 5.91 Å². The first-order valence-electron chi connectivity index (χ1n) is 9.43. The van der Waals surface area contributed by atoms with E-state index in [4.69, 9.17) is 0 Å². The molecule has 0 bridgehead atoms. The molecule has 1 aromatic carbocycles. The van der Waals surface area contributed by atoms with E-state index in [0.717, 1.165) is 21.7 Å². The lowest BCUT2D eigenvalue weighted by atomic mass is 9.86. The first kappa shape index (κ1) is 18.4. The van der Waals surface area contributed by atoms with E-state index in [1.165, 1.54) is 41.5 Å². The molecule has 1 aliphatic rings. The van der Waals surface area contributed by atoms with Crippen molar-refractivity contribution in [2.75, 3.05) is 5.75 Å². The molecule has 1 amide bonds. The van der Waals surface area contributed by atoms with Crippen LogP contribution in [0.1, 0.15) is 32.6 Å². The van der Waals surface area contributed by atoms with Crippen LogP contribution in [0, 0.1) is 5.92 Å². The highest BCUT2D eigenvalue weighted by Crippen LogP contribution is 2.36. The maximum Gasteiger partial charge on any atom is 0.230 e. The standard InChI is InChI=1S/C21H23N3OS2/c1-14-7-5-6-10-17(14)24-19(25)12-26-20-16-11-18(15-8-3-2-4-9-15)27-21(16)23-13-22-20/h2-4,8-9,11,13-14,17H,5-7,10,12H2,1H3,(H,24,25)/t14-,17-/m1/s1. The molecular formula is C21H23N3OS2. The molecule has 140 valence electrons. The summed E-state index contributed by atoms with van der Waals surface area (Å²) in [5.74, 6) is 1.07. The number of fused-ring (bicyclic) bond motifs is 1. The Bertz CT molecular complexity index is 926. The highest BCUT2D eigenvalue weighted by molar-refractivity contribution is 8.00. The summed E-state index contributed by atoms with van der Waals surface area (Å²) < 4.78 is 0. The fraction of sp³-hybridized carbons (Fsp3) is 0.381. The van der Waals surface area contributed by atoms with Crippen molar-refractivity contribution in [1.82, 2.24) is 15.3 Å². The van der Waals surface area contributed by atoms with Crippen LogP contribution >= 0.6 is 23.1 Å². The maximum absolute atomic E-state index is 12.4. The zero-order chi connectivity index (χ0) is 18.6. The lowest BCUT2D eigenvalue weighted by Crippen LogP contribution is -2.41. The van der Waals surface area contributed by atoms with Crippen molar-refractivity contribution in [1.29, 1.82) is 0 Å². The highest BCUT2D eigenvalue weighted by atomic mass is 32.2. The van der Waals surface area contributed by atoms with Crippen molar-refractivity contribution in [2.45, 2.75) is 43.7 Å². The molecule has 0 saturated heterocycles. The number of thioether (sulfide) groups is 1. The Morgan fingerprint density at radius 3 is 2.85 bits per heavy atom. The van der Waals surface area contributed by atoms with Crippen LogP contribution in [0.15, 0.2) is 47.8 Å². The van der Waals surface area contributed by atoms with E-state index < -0.39 is 0 Å². The lowest BCUT2D eigenvalue weighted by molar-refractivity contribution is -0.119. The summed E-state index contributed by atoms with van der Waals surface area (Å²) in [6.45, 7) is 2.24. The minimum absolute atomic E-state index is 0.101. The van der Waals surface area contributed by atoms with Gasteiger partial charge >= 0.3 is 0 Å². The number of thiophene rings is 1. The molecule has 0 aliphatic heterocycles. The van der Waals surface area contributed by atoms with Crippen molar-refractivity contribution in [3.8, 4) is 10.4 Å². The Balaban J connectivity index is 1.46. The molecule has 1 N–H and O–H groups in total. The number of carbonyl (C=O) groups excluding carboxylic acids is 1. The van der Waals surface area contributed by atoms with Gasteiger partial charge in [0.05, 0.1) is 5.75 Å². The van der Waals surface area contributed by atoms with Crippen LogP contribution in [0.5, 0.6) is 0 Å². The molecule has 4 rings (SSSR count). The summed E-state index contributed by atoms with van der Waals surface area (Å²) in [4.78, 5) is 23.4. The third-order valence-corrected chi connectivity index (χ3v) is 7.25. The monoisotopic (exact) mass is 397 g/mol. The number of nitrogens with zero attached hydrogens (tertiary/aromatic N) is 2. The fourth-order valence-corrected chi connectivity index (χ4v) is 5.46. The van der Waals surface area contributed by atoms with Gasteiger partial charge in [-0.15, -0.1) is 11.3 Å². The van der Waals surface area contributed by atoms with Gasteiger partial charge in [-0.25, -0.2) is 9.97 Å². The van der Waals surface area contributed by atoms with Crippen molar-refractivity contribution in [3.63, 3.8) is 0 Å². The minimum Gasteiger partial charge on any atom is -0.352 e. The zero-order valence-electron chi connectivity index (χ0n) is 15.4. The maximum atomic E-state index is 12.4. The van der Waals surface area contributed by atoms with E-state index in [1.54, 1.807) is 17.7 Å². The van der Waals surface area contributed by atoms with Crippen molar-refractivity contribution < 1.29 is 4.79 Å². The normalized spacial score (nSPS) is 19.9. The van der Waals surface area contributed by atoms with Crippen molar-refractivity contribution >= 4 is 39.2 Å². The molecule has 2 heterocycles. The molecule has 4 nitrogen and oxygen atoms in total. The summed E-state index contributed by atoms with van der Waals surface area (Å²) in [7, 11) is 0. The molecule has 2 atom stereocenters. The number of carbonyl (C=O) groups is 1. The summed E-state index contributed by atoms with van der Waals surface area (Å²) >= 11 is 3.16. The highest BCUT2D eigenvalue weighted by Gasteiger charge is 2.23. The molecule has 3 aromatic rings. The number of benzene rings is 1. The molecule has 27 heavy (non-hydrogen) atoms. The first-order valence-corrected chi connectivity index (χ1v) is 11.2.